The second-order valence-electron chi connectivity index (χ2n) is 3.99. The summed E-state index contributed by atoms with van der Waals surface area (Å²) in [6.07, 6.45) is 0.510. The summed E-state index contributed by atoms with van der Waals surface area (Å²) in [5, 5.41) is 15.0. The summed E-state index contributed by atoms with van der Waals surface area (Å²) in [6.45, 7) is 5.99. The Balaban J connectivity index is 2.13. The Bertz CT molecular complexity index is 233. The summed E-state index contributed by atoms with van der Waals surface area (Å²) in [5.74, 6) is 0.643. The van der Waals surface area contributed by atoms with Crippen molar-refractivity contribution in [1.82, 2.24) is 5.32 Å². The van der Waals surface area contributed by atoms with Gasteiger partial charge in [-0.1, -0.05) is 19.9 Å². The fraction of sp³-hybridized carbons (Fsp3) is 0.636. The van der Waals surface area contributed by atoms with Crippen LogP contribution in [-0.4, -0.2) is 24.3 Å². The van der Waals surface area contributed by atoms with Gasteiger partial charge < -0.3 is 10.4 Å². The maximum atomic E-state index is 9.68. The fourth-order valence-corrected chi connectivity index (χ4v) is 2.05. The molecule has 1 unspecified atom stereocenters. The van der Waals surface area contributed by atoms with E-state index in [0.29, 0.717) is 12.5 Å². The molecule has 3 heteroatoms. The maximum absolute atomic E-state index is 9.68. The molecule has 0 aliphatic carbocycles. The van der Waals surface area contributed by atoms with Crippen molar-refractivity contribution >= 4 is 11.3 Å². The molecule has 0 saturated heterocycles. The van der Waals surface area contributed by atoms with Crippen molar-refractivity contribution in [1.29, 1.82) is 0 Å². The Kier molecular flexibility index (Phi) is 5.15. The van der Waals surface area contributed by atoms with Crippen LogP contribution in [0.1, 0.15) is 18.7 Å². The number of aliphatic hydroxyl groups excluding tert-OH is 1. The van der Waals surface area contributed by atoms with E-state index in [1.54, 1.807) is 11.3 Å². The van der Waals surface area contributed by atoms with Crippen LogP contribution < -0.4 is 5.32 Å². The second-order valence-corrected chi connectivity index (χ2v) is 5.02. The molecule has 0 aliphatic heterocycles. The van der Waals surface area contributed by atoms with Gasteiger partial charge in [0.2, 0.25) is 0 Å². The van der Waals surface area contributed by atoms with E-state index >= 15 is 0 Å². The van der Waals surface area contributed by atoms with Crippen molar-refractivity contribution < 1.29 is 5.11 Å². The highest BCUT2D eigenvalue weighted by atomic mass is 32.1. The first-order valence-electron chi connectivity index (χ1n) is 5.09. The minimum absolute atomic E-state index is 0.257. The molecule has 1 heterocycles. The van der Waals surface area contributed by atoms with Gasteiger partial charge in [-0.2, -0.15) is 0 Å². The molecule has 0 radical (unpaired) electrons. The molecular formula is C11H19NOS. The first kappa shape index (κ1) is 11.7. The molecule has 2 N–H and O–H groups in total. The monoisotopic (exact) mass is 213 g/mol. The first-order valence-corrected chi connectivity index (χ1v) is 5.97. The molecule has 0 amide bonds. The average molecular weight is 213 g/mol. The number of rotatable bonds is 6. The Hall–Kier alpha value is -0.380. The van der Waals surface area contributed by atoms with Crippen LogP contribution in [-0.2, 0) is 6.42 Å². The molecule has 0 fully saturated rings. The lowest BCUT2D eigenvalue weighted by Gasteiger charge is -2.12. The minimum Gasteiger partial charge on any atom is -0.391 e. The molecule has 80 valence electrons. The molecule has 14 heavy (non-hydrogen) atoms. The molecule has 1 rings (SSSR count). The van der Waals surface area contributed by atoms with Gasteiger partial charge in [-0.3, -0.25) is 0 Å². The van der Waals surface area contributed by atoms with Crippen molar-refractivity contribution in [3.05, 3.63) is 22.4 Å². The van der Waals surface area contributed by atoms with Crippen molar-refractivity contribution in [2.24, 2.45) is 5.92 Å². The van der Waals surface area contributed by atoms with Crippen molar-refractivity contribution in [3.63, 3.8) is 0 Å². The van der Waals surface area contributed by atoms with E-state index in [2.05, 4.69) is 25.2 Å². The summed E-state index contributed by atoms with van der Waals surface area (Å²) >= 11 is 1.70. The molecule has 1 atom stereocenters. The van der Waals surface area contributed by atoms with E-state index in [-0.39, 0.29) is 6.10 Å². The normalized spacial score (nSPS) is 13.4. The van der Waals surface area contributed by atoms with E-state index in [0.717, 1.165) is 13.0 Å². The topological polar surface area (TPSA) is 32.3 Å². The number of hydrogen-bond acceptors (Lipinski definition) is 3. The Morgan fingerprint density at radius 2 is 2.21 bits per heavy atom. The quantitative estimate of drug-likeness (QED) is 0.756. The van der Waals surface area contributed by atoms with Gasteiger partial charge in [0, 0.05) is 17.8 Å². The zero-order valence-corrected chi connectivity index (χ0v) is 9.68. The van der Waals surface area contributed by atoms with Crippen molar-refractivity contribution in [3.8, 4) is 0 Å². The van der Waals surface area contributed by atoms with Crippen LogP contribution in [0.4, 0.5) is 0 Å². The van der Waals surface area contributed by atoms with E-state index < -0.39 is 0 Å². The number of thiophene rings is 1. The van der Waals surface area contributed by atoms with Crippen LogP contribution in [0, 0.1) is 5.92 Å². The van der Waals surface area contributed by atoms with Gasteiger partial charge >= 0.3 is 0 Å². The van der Waals surface area contributed by atoms with Gasteiger partial charge in [-0.15, -0.1) is 11.3 Å². The van der Waals surface area contributed by atoms with E-state index in [4.69, 9.17) is 0 Å². The molecular weight excluding hydrogens is 194 g/mol. The minimum atomic E-state index is -0.257. The summed E-state index contributed by atoms with van der Waals surface area (Å²) in [7, 11) is 0. The largest absolute Gasteiger partial charge is 0.391 e. The zero-order chi connectivity index (χ0) is 10.4. The maximum Gasteiger partial charge on any atom is 0.0712 e. The molecule has 2 nitrogen and oxygen atoms in total. The zero-order valence-electron chi connectivity index (χ0n) is 8.86. The average Bonchev–Trinajstić information content (AvgIpc) is 2.56. The van der Waals surface area contributed by atoms with Crippen LogP contribution in [0.25, 0.3) is 0 Å². The molecule has 1 aromatic rings. The van der Waals surface area contributed by atoms with Gasteiger partial charge in [0.05, 0.1) is 6.10 Å². The summed E-state index contributed by atoms with van der Waals surface area (Å²) < 4.78 is 0. The third-order valence-electron chi connectivity index (χ3n) is 1.95. The lowest BCUT2D eigenvalue weighted by Crippen LogP contribution is -2.30. The summed E-state index contributed by atoms with van der Waals surface area (Å²) in [4.78, 5) is 1.25. The second kappa shape index (κ2) is 6.17. The Morgan fingerprint density at radius 1 is 1.43 bits per heavy atom. The molecule has 0 saturated carbocycles. The lowest BCUT2D eigenvalue weighted by atomic mass is 10.2. The highest BCUT2D eigenvalue weighted by Crippen LogP contribution is 2.10. The SMILES string of the molecule is CC(C)CNCC(O)Cc1cccs1. The molecule has 1 aromatic heterocycles. The lowest BCUT2D eigenvalue weighted by molar-refractivity contribution is 0.171. The predicted octanol–water partition coefficient (Wildman–Crippen LogP) is 1.90. The number of nitrogens with one attached hydrogen (secondary N) is 1. The molecule has 0 aromatic carbocycles. The van der Waals surface area contributed by atoms with Crippen molar-refractivity contribution in [2.75, 3.05) is 13.1 Å². The van der Waals surface area contributed by atoms with Crippen LogP contribution in [0.3, 0.4) is 0 Å². The summed E-state index contributed by atoms with van der Waals surface area (Å²) in [6, 6.07) is 4.09. The fourth-order valence-electron chi connectivity index (χ4n) is 1.27. The van der Waals surface area contributed by atoms with E-state index in [1.165, 1.54) is 4.88 Å². The molecule has 0 bridgehead atoms. The highest BCUT2D eigenvalue weighted by molar-refractivity contribution is 7.09. The Labute approximate surface area is 90.0 Å². The van der Waals surface area contributed by atoms with Crippen LogP contribution in [0.5, 0.6) is 0 Å². The molecule has 0 spiro atoms. The van der Waals surface area contributed by atoms with Gasteiger partial charge in [0.15, 0.2) is 0 Å². The third kappa shape index (κ3) is 4.74. The van der Waals surface area contributed by atoms with Gasteiger partial charge in [0.25, 0.3) is 0 Å². The van der Waals surface area contributed by atoms with Crippen LogP contribution in [0.2, 0.25) is 0 Å². The predicted molar refractivity (Wildman–Crippen MR) is 61.7 cm³/mol. The first-order chi connectivity index (χ1) is 6.68. The third-order valence-corrected chi connectivity index (χ3v) is 2.85. The molecule has 0 aliphatic rings. The standard InChI is InChI=1S/C11H19NOS/c1-9(2)7-12-8-10(13)6-11-4-3-5-14-11/h3-5,9-10,12-13H,6-8H2,1-2H3. The highest BCUT2D eigenvalue weighted by Gasteiger charge is 2.05. The summed E-state index contributed by atoms with van der Waals surface area (Å²) in [5.41, 5.74) is 0. The van der Waals surface area contributed by atoms with Crippen LogP contribution >= 0.6 is 11.3 Å². The smallest absolute Gasteiger partial charge is 0.0712 e. The van der Waals surface area contributed by atoms with Gasteiger partial charge in [-0.05, 0) is 23.9 Å². The number of hydrogen-bond donors (Lipinski definition) is 2. The Morgan fingerprint density at radius 3 is 2.79 bits per heavy atom. The van der Waals surface area contributed by atoms with Gasteiger partial charge in [0.1, 0.15) is 0 Å². The van der Waals surface area contributed by atoms with E-state index in [9.17, 15) is 5.11 Å². The van der Waals surface area contributed by atoms with Crippen molar-refractivity contribution in [2.45, 2.75) is 26.4 Å². The van der Waals surface area contributed by atoms with Crippen LogP contribution in [0.15, 0.2) is 17.5 Å². The number of aliphatic hydroxyl groups is 1. The van der Waals surface area contributed by atoms with E-state index in [1.807, 2.05) is 11.4 Å². The van der Waals surface area contributed by atoms with Gasteiger partial charge in [-0.25, -0.2) is 0 Å².